The molecule has 2 atom stereocenters. The van der Waals surface area contributed by atoms with Crippen molar-refractivity contribution < 1.29 is 9.13 Å². The first kappa shape index (κ1) is 16.5. The molecule has 128 valence electrons. The first-order valence-corrected chi connectivity index (χ1v) is 8.73. The number of nitrogens with two attached hydrogens (primary N) is 1. The molecular weight excluding hydrogens is 293 g/mol. The number of hydrogen-bond donors (Lipinski definition) is 2. The Morgan fingerprint density at radius 3 is 2.39 bits per heavy atom. The molecule has 1 aromatic rings. The number of halogens is 1. The van der Waals surface area contributed by atoms with Gasteiger partial charge < -0.3 is 20.7 Å². The molecule has 4 nitrogen and oxygen atoms in total. The van der Waals surface area contributed by atoms with Crippen LogP contribution in [-0.4, -0.2) is 37.4 Å². The van der Waals surface area contributed by atoms with Crippen molar-refractivity contribution in [3.63, 3.8) is 0 Å². The van der Waals surface area contributed by atoms with Crippen LogP contribution in [0.15, 0.2) is 18.2 Å². The van der Waals surface area contributed by atoms with Gasteiger partial charge in [0.15, 0.2) is 0 Å². The highest BCUT2D eigenvalue weighted by Gasteiger charge is 2.23. The van der Waals surface area contributed by atoms with Crippen LogP contribution in [-0.2, 0) is 4.74 Å². The summed E-state index contributed by atoms with van der Waals surface area (Å²) in [6.45, 7) is 5.72. The average molecular weight is 321 g/mol. The monoisotopic (exact) mass is 321 g/mol. The van der Waals surface area contributed by atoms with Gasteiger partial charge in [-0.3, -0.25) is 0 Å². The summed E-state index contributed by atoms with van der Waals surface area (Å²) in [5, 5.41) is 3.34. The minimum absolute atomic E-state index is 0.172. The van der Waals surface area contributed by atoms with Gasteiger partial charge in [0.2, 0.25) is 0 Å². The van der Waals surface area contributed by atoms with Crippen LogP contribution in [0, 0.1) is 5.82 Å². The van der Waals surface area contributed by atoms with Crippen molar-refractivity contribution in [2.24, 2.45) is 5.73 Å². The summed E-state index contributed by atoms with van der Waals surface area (Å²) >= 11 is 0. The molecule has 0 aromatic heterocycles. The maximum Gasteiger partial charge on any atom is 0.148 e. The lowest BCUT2D eigenvalue weighted by atomic mass is 9.91. The van der Waals surface area contributed by atoms with E-state index in [1.54, 1.807) is 6.07 Å². The third kappa shape index (κ3) is 4.15. The summed E-state index contributed by atoms with van der Waals surface area (Å²) < 4.78 is 20.2. The molecule has 1 aliphatic carbocycles. The Kier molecular flexibility index (Phi) is 5.07. The molecule has 2 unspecified atom stereocenters. The highest BCUT2D eigenvalue weighted by molar-refractivity contribution is 5.57. The quantitative estimate of drug-likeness (QED) is 0.898. The van der Waals surface area contributed by atoms with Gasteiger partial charge >= 0.3 is 0 Å². The highest BCUT2D eigenvalue weighted by atomic mass is 19.1. The van der Waals surface area contributed by atoms with E-state index in [0.717, 1.165) is 44.5 Å². The number of anilines is 2. The fraction of sp³-hybridized carbons (Fsp3) is 0.667. The summed E-state index contributed by atoms with van der Waals surface area (Å²) in [5.41, 5.74) is 7.46. The topological polar surface area (TPSA) is 50.5 Å². The van der Waals surface area contributed by atoms with E-state index in [1.165, 1.54) is 0 Å². The predicted octanol–water partition coefficient (Wildman–Crippen LogP) is 3.12. The number of nitrogens with one attached hydrogen (secondary N) is 1. The maximum absolute atomic E-state index is 14.5. The first-order valence-electron chi connectivity index (χ1n) is 8.73. The molecular formula is C18H28FN3O. The molecule has 2 aliphatic rings. The molecule has 3 N–H and O–H groups in total. The van der Waals surface area contributed by atoms with Crippen molar-refractivity contribution in [2.75, 3.05) is 23.3 Å². The Bertz CT molecular complexity index is 521. The van der Waals surface area contributed by atoms with Gasteiger partial charge in [0.1, 0.15) is 5.82 Å². The van der Waals surface area contributed by atoms with E-state index in [1.807, 2.05) is 12.1 Å². The zero-order chi connectivity index (χ0) is 16.4. The summed E-state index contributed by atoms with van der Waals surface area (Å²) in [6.07, 6.45) is 4.40. The van der Waals surface area contributed by atoms with E-state index in [0.29, 0.717) is 17.8 Å². The molecule has 2 fully saturated rings. The first-order chi connectivity index (χ1) is 11.0. The minimum atomic E-state index is -0.177. The van der Waals surface area contributed by atoms with Crippen molar-refractivity contribution in [1.82, 2.24) is 0 Å². The van der Waals surface area contributed by atoms with E-state index >= 15 is 0 Å². The molecule has 0 radical (unpaired) electrons. The van der Waals surface area contributed by atoms with Gasteiger partial charge in [-0.05, 0) is 57.7 Å². The fourth-order valence-electron chi connectivity index (χ4n) is 3.69. The molecule has 23 heavy (non-hydrogen) atoms. The van der Waals surface area contributed by atoms with Crippen LogP contribution >= 0.6 is 0 Å². The van der Waals surface area contributed by atoms with Crippen molar-refractivity contribution in [1.29, 1.82) is 0 Å². The largest absolute Gasteiger partial charge is 0.380 e. The Labute approximate surface area is 138 Å². The number of morpholine rings is 1. The lowest BCUT2D eigenvalue weighted by molar-refractivity contribution is -0.00523. The van der Waals surface area contributed by atoms with Crippen molar-refractivity contribution >= 4 is 11.4 Å². The second-order valence-electron chi connectivity index (χ2n) is 7.08. The van der Waals surface area contributed by atoms with Crippen molar-refractivity contribution in [2.45, 2.75) is 63.8 Å². The van der Waals surface area contributed by atoms with E-state index in [2.05, 4.69) is 24.1 Å². The predicted molar refractivity (Wildman–Crippen MR) is 92.5 cm³/mol. The normalized spacial score (nSPS) is 31.9. The smallest absolute Gasteiger partial charge is 0.148 e. The van der Waals surface area contributed by atoms with Gasteiger partial charge in [-0.25, -0.2) is 4.39 Å². The summed E-state index contributed by atoms with van der Waals surface area (Å²) in [4.78, 5) is 2.20. The standard InChI is InChI=1S/C18H28FN3O/c1-12-10-22(11-13(2)23-12)16-7-8-18(17(19)9-16)21-15-5-3-14(20)4-6-15/h7-9,12-15,21H,3-6,10-11,20H2,1-2H3. The van der Waals surface area contributed by atoms with Crippen LogP contribution in [0.4, 0.5) is 15.8 Å². The van der Waals surface area contributed by atoms with Gasteiger partial charge in [-0.1, -0.05) is 0 Å². The zero-order valence-electron chi connectivity index (χ0n) is 14.1. The lowest BCUT2D eigenvalue weighted by Crippen LogP contribution is -2.45. The van der Waals surface area contributed by atoms with Crippen LogP contribution in [0.25, 0.3) is 0 Å². The van der Waals surface area contributed by atoms with E-state index < -0.39 is 0 Å². The number of hydrogen-bond acceptors (Lipinski definition) is 4. The molecule has 1 aliphatic heterocycles. The Balaban J connectivity index is 1.66. The molecule has 1 heterocycles. The number of nitrogens with zero attached hydrogens (tertiary/aromatic N) is 1. The second-order valence-corrected chi connectivity index (χ2v) is 7.08. The Hall–Kier alpha value is -1.33. The Morgan fingerprint density at radius 2 is 1.78 bits per heavy atom. The molecule has 0 spiro atoms. The van der Waals surface area contributed by atoms with Crippen LogP contribution in [0.1, 0.15) is 39.5 Å². The minimum Gasteiger partial charge on any atom is -0.380 e. The van der Waals surface area contributed by atoms with E-state index in [4.69, 9.17) is 10.5 Å². The second kappa shape index (κ2) is 7.05. The van der Waals surface area contributed by atoms with Gasteiger partial charge in [0.05, 0.1) is 17.9 Å². The molecule has 1 saturated carbocycles. The van der Waals surface area contributed by atoms with Crippen LogP contribution < -0.4 is 16.0 Å². The average Bonchev–Trinajstić information content (AvgIpc) is 2.50. The summed E-state index contributed by atoms with van der Waals surface area (Å²) in [6, 6.07) is 6.15. The SMILES string of the molecule is CC1CN(c2ccc(NC3CCC(N)CC3)c(F)c2)CC(C)O1. The summed E-state index contributed by atoms with van der Waals surface area (Å²) in [5.74, 6) is -0.177. The van der Waals surface area contributed by atoms with Crippen LogP contribution in [0.3, 0.4) is 0 Å². The van der Waals surface area contributed by atoms with Crippen LogP contribution in [0.2, 0.25) is 0 Å². The third-order valence-corrected chi connectivity index (χ3v) is 4.87. The van der Waals surface area contributed by atoms with Gasteiger partial charge in [-0.2, -0.15) is 0 Å². The van der Waals surface area contributed by atoms with Crippen molar-refractivity contribution in [3.05, 3.63) is 24.0 Å². The van der Waals surface area contributed by atoms with Crippen LogP contribution in [0.5, 0.6) is 0 Å². The number of ether oxygens (including phenoxy) is 1. The third-order valence-electron chi connectivity index (χ3n) is 4.87. The fourth-order valence-corrected chi connectivity index (χ4v) is 3.69. The van der Waals surface area contributed by atoms with Gasteiger partial charge in [0.25, 0.3) is 0 Å². The molecule has 0 amide bonds. The number of benzene rings is 1. The molecule has 5 heteroatoms. The van der Waals surface area contributed by atoms with Gasteiger partial charge in [0, 0.05) is 30.9 Å². The Morgan fingerprint density at radius 1 is 1.13 bits per heavy atom. The highest BCUT2D eigenvalue weighted by Crippen LogP contribution is 2.27. The van der Waals surface area contributed by atoms with Crippen molar-refractivity contribution in [3.8, 4) is 0 Å². The van der Waals surface area contributed by atoms with E-state index in [9.17, 15) is 4.39 Å². The summed E-state index contributed by atoms with van der Waals surface area (Å²) in [7, 11) is 0. The van der Waals surface area contributed by atoms with Gasteiger partial charge in [-0.15, -0.1) is 0 Å². The van der Waals surface area contributed by atoms with E-state index in [-0.39, 0.29) is 18.0 Å². The number of rotatable bonds is 3. The maximum atomic E-state index is 14.5. The molecule has 1 aromatic carbocycles. The molecule has 0 bridgehead atoms. The zero-order valence-corrected chi connectivity index (χ0v) is 14.1. The lowest BCUT2D eigenvalue weighted by Gasteiger charge is -2.37. The molecule has 1 saturated heterocycles. The molecule has 3 rings (SSSR count).